The van der Waals surface area contributed by atoms with Crippen LogP contribution < -0.4 is 5.43 Å². The minimum absolute atomic E-state index is 0.0527. The number of aryl methyl sites for hydroxylation is 1. The number of fused-ring (bicyclic) bond motifs is 1. The van der Waals surface area contributed by atoms with E-state index in [1.807, 2.05) is 12.1 Å². The summed E-state index contributed by atoms with van der Waals surface area (Å²) in [5.41, 5.74) is 2.28. The summed E-state index contributed by atoms with van der Waals surface area (Å²) in [6.45, 7) is 5.22. The third kappa shape index (κ3) is 4.47. The Kier molecular flexibility index (Phi) is 6.18. The van der Waals surface area contributed by atoms with E-state index in [-0.39, 0.29) is 17.0 Å². The van der Waals surface area contributed by atoms with Crippen LogP contribution in [0, 0.1) is 6.92 Å². The molecule has 2 heterocycles. The van der Waals surface area contributed by atoms with Gasteiger partial charge in [0.15, 0.2) is 5.69 Å². The van der Waals surface area contributed by atoms with Crippen LogP contribution in [0.25, 0.3) is 16.5 Å². The minimum Gasteiger partial charge on any atom is -0.335 e. The average Bonchev–Trinajstić information content (AvgIpc) is 2.85. The van der Waals surface area contributed by atoms with Gasteiger partial charge in [0.2, 0.25) is 5.43 Å². The van der Waals surface area contributed by atoms with Crippen LogP contribution in [-0.4, -0.2) is 51.7 Å². The third-order valence-corrected chi connectivity index (χ3v) is 6.57. The predicted molar refractivity (Wildman–Crippen MR) is 135 cm³/mol. The number of carbonyl (C=O) groups excluding carboxylic acids is 1. The lowest BCUT2D eigenvalue weighted by Gasteiger charge is -2.34. The zero-order valence-electron chi connectivity index (χ0n) is 18.9. The molecule has 0 atom stereocenters. The molecule has 5 rings (SSSR count). The van der Waals surface area contributed by atoms with Crippen molar-refractivity contribution >= 4 is 28.3 Å². The van der Waals surface area contributed by atoms with E-state index in [9.17, 15) is 9.59 Å². The molecule has 3 aromatic carbocycles. The lowest BCUT2D eigenvalue weighted by molar-refractivity contribution is 0.0620. The number of benzene rings is 3. The summed E-state index contributed by atoms with van der Waals surface area (Å²) < 4.78 is 1.61. The molecule has 0 spiro atoms. The highest BCUT2D eigenvalue weighted by Gasteiger charge is 2.26. The van der Waals surface area contributed by atoms with Gasteiger partial charge in [-0.05, 0) is 47.5 Å². The molecule has 1 amide bonds. The van der Waals surface area contributed by atoms with Gasteiger partial charge in [-0.25, -0.2) is 4.68 Å². The van der Waals surface area contributed by atoms with Crippen LogP contribution in [0.4, 0.5) is 0 Å². The molecule has 1 aliphatic heterocycles. The highest BCUT2D eigenvalue weighted by Crippen LogP contribution is 2.21. The van der Waals surface area contributed by atoms with E-state index in [0.29, 0.717) is 23.8 Å². The molecule has 0 aliphatic carbocycles. The van der Waals surface area contributed by atoms with Crippen molar-refractivity contribution in [3.8, 4) is 5.69 Å². The van der Waals surface area contributed by atoms with Gasteiger partial charge in [0.25, 0.3) is 5.91 Å². The quantitative estimate of drug-likeness (QED) is 0.444. The highest BCUT2D eigenvalue weighted by molar-refractivity contribution is 6.30. The molecule has 7 heteroatoms. The molecular weight excluding hydrogens is 448 g/mol. The van der Waals surface area contributed by atoms with Crippen LogP contribution >= 0.6 is 11.6 Å². The van der Waals surface area contributed by atoms with E-state index < -0.39 is 0 Å². The van der Waals surface area contributed by atoms with E-state index in [1.54, 1.807) is 28.6 Å². The molecule has 172 valence electrons. The van der Waals surface area contributed by atoms with Crippen LogP contribution in [0.15, 0.2) is 77.6 Å². The fourth-order valence-corrected chi connectivity index (χ4v) is 4.60. The van der Waals surface area contributed by atoms with E-state index >= 15 is 0 Å². The van der Waals surface area contributed by atoms with Crippen molar-refractivity contribution in [2.24, 2.45) is 0 Å². The van der Waals surface area contributed by atoms with Gasteiger partial charge in [-0.2, -0.15) is 5.10 Å². The van der Waals surface area contributed by atoms with Crippen LogP contribution in [0.2, 0.25) is 5.02 Å². The van der Waals surface area contributed by atoms with Crippen LogP contribution in [0.3, 0.4) is 0 Å². The molecule has 4 aromatic rings. The molecule has 1 aromatic heterocycles. The highest BCUT2D eigenvalue weighted by atomic mass is 35.5. The Balaban J connectivity index is 1.31. The SMILES string of the molecule is Cc1cc(=O)c(C(=O)N2CCN(Cc3cccc4ccccc34)CC2)nn1-c1ccc(Cl)cc1. The van der Waals surface area contributed by atoms with Gasteiger partial charge in [0, 0.05) is 49.5 Å². The summed E-state index contributed by atoms with van der Waals surface area (Å²) >= 11 is 5.99. The smallest absolute Gasteiger partial charge is 0.278 e. The van der Waals surface area contributed by atoms with Crippen molar-refractivity contribution in [1.29, 1.82) is 0 Å². The fraction of sp³-hybridized carbons (Fsp3) is 0.222. The van der Waals surface area contributed by atoms with Crippen molar-refractivity contribution in [2.75, 3.05) is 26.2 Å². The van der Waals surface area contributed by atoms with Gasteiger partial charge in [0.05, 0.1) is 5.69 Å². The monoisotopic (exact) mass is 472 g/mol. The summed E-state index contributed by atoms with van der Waals surface area (Å²) in [5.74, 6) is -0.322. The topological polar surface area (TPSA) is 58.4 Å². The molecule has 0 unspecified atom stereocenters. The van der Waals surface area contributed by atoms with Gasteiger partial charge < -0.3 is 4.90 Å². The van der Waals surface area contributed by atoms with Crippen molar-refractivity contribution < 1.29 is 4.79 Å². The number of hydrogen-bond acceptors (Lipinski definition) is 4. The minimum atomic E-state index is -0.356. The Labute approximate surface area is 203 Å². The average molecular weight is 473 g/mol. The van der Waals surface area contributed by atoms with Gasteiger partial charge in [-0.15, -0.1) is 0 Å². The van der Waals surface area contributed by atoms with E-state index in [2.05, 4.69) is 52.5 Å². The zero-order valence-corrected chi connectivity index (χ0v) is 19.7. The first-order valence-electron chi connectivity index (χ1n) is 11.3. The molecule has 34 heavy (non-hydrogen) atoms. The maximum Gasteiger partial charge on any atom is 0.278 e. The Hall–Kier alpha value is -3.48. The third-order valence-electron chi connectivity index (χ3n) is 6.31. The zero-order chi connectivity index (χ0) is 23.7. The number of nitrogens with zero attached hydrogens (tertiary/aromatic N) is 4. The van der Waals surface area contributed by atoms with Gasteiger partial charge in [-0.3, -0.25) is 14.5 Å². The first kappa shape index (κ1) is 22.3. The molecular formula is C27H25ClN4O2. The normalized spacial score (nSPS) is 14.5. The Morgan fingerprint density at radius 1 is 0.941 bits per heavy atom. The molecule has 1 aliphatic rings. The summed E-state index contributed by atoms with van der Waals surface area (Å²) in [6, 6.07) is 23.4. The Bertz CT molecular complexity index is 1400. The number of rotatable bonds is 4. The summed E-state index contributed by atoms with van der Waals surface area (Å²) in [6.07, 6.45) is 0. The van der Waals surface area contributed by atoms with E-state index in [4.69, 9.17) is 11.6 Å². The Morgan fingerprint density at radius 3 is 2.41 bits per heavy atom. The number of hydrogen-bond donors (Lipinski definition) is 0. The van der Waals surface area contributed by atoms with Crippen molar-refractivity contribution in [1.82, 2.24) is 19.6 Å². The lowest BCUT2D eigenvalue weighted by Crippen LogP contribution is -2.49. The van der Waals surface area contributed by atoms with E-state index in [1.165, 1.54) is 22.4 Å². The molecule has 0 N–H and O–H groups in total. The number of halogens is 1. The molecule has 1 saturated heterocycles. The first-order chi connectivity index (χ1) is 16.5. The standard InChI is InChI=1S/C27H25ClN4O2/c1-19-17-25(33)26(29-32(19)23-11-9-22(28)10-12-23)27(34)31-15-13-30(14-16-31)18-21-7-4-6-20-5-2-3-8-24(20)21/h2-12,17H,13-16,18H2,1H3. The summed E-state index contributed by atoms with van der Waals surface area (Å²) in [4.78, 5) is 29.9. The summed E-state index contributed by atoms with van der Waals surface area (Å²) in [7, 11) is 0. The number of aromatic nitrogens is 2. The second-order valence-electron chi connectivity index (χ2n) is 8.59. The van der Waals surface area contributed by atoms with Gasteiger partial charge in [-0.1, -0.05) is 54.1 Å². The van der Waals surface area contributed by atoms with Crippen molar-refractivity contribution in [2.45, 2.75) is 13.5 Å². The molecule has 0 saturated carbocycles. The van der Waals surface area contributed by atoms with Crippen LogP contribution in [0.5, 0.6) is 0 Å². The Morgan fingerprint density at radius 2 is 1.65 bits per heavy atom. The van der Waals surface area contributed by atoms with Crippen molar-refractivity contribution in [3.05, 3.63) is 105 Å². The first-order valence-corrected chi connectivity index (χ1v) is 11.7. The number of amides is 1. The lowest BCUT2D eigenvalue weighted by atomic mass is 10.0. The molecule has 6 nitrogen and oxygen atoms in total. The van der Waals surface area contributed by atoms with Crippen molar-refractivity contribution in [3.63, 3.8) is 0 Å². The predicted octanol–water partition coefficient (Wildman–Crippen LogP) is 4.31. The maximum absolute atomic E-state index is 13.2. The van der Waals surface area contributed by atoms with Crippen LogP contribution in [0.1, 0.15) is 21.7 Å². The molecule has 1 fully saturated rings. The van der Waals surface area contributed by atoms with Gasteiger partial charge >= 0.3 is 0 Å². The fourth-order valence-electron chi connectivity index (χ4n) is 4.47. The number of piperazine rings is 1. The molecule has 0 radical (unpaired) electrons. The second-order valence-corrected chi connectivity index (χ2v) is 9.03. The summed E-state index contributed by atoms with van der Waals surface area (Å²) in [5, 5.41) is 7.53. The second kappa shape index (κ2) is 9.41. The van der Waals surface area contributed by atoms with Gasteiger partial charge in [0.1, 0.15) is 0 Å². The largest absolute Gasteiger partial charge is 0.335 e. The number of carbonyl (C=O) groups is 1. The molecule has 0 bridgehead atoms. The van der Waals surface area contributed by atoms with E-state index in [0.717, 1.165) is 25.3 Å². The maximum atomic E-state index is 13.2. The van der Waals surface area contributed by atoms with Crippen LogP contribution in [-0.2, 0) is 6.54 Å².